The molecule has 0 spiro atoms. The zero-order valence-electron chi connectivity index (χ0n) is 10.3. The molecule has 18 heavy (non-hydrogen) atoms. The Morgan fingerprint density at radius 1 is 1.06 bits per heavy atom. The van der Waals surface area contributed by atoms with Crippen molar-refractivity contribution in [2.45, 2.75) is 20.4 Å². The van der Waals surface area contributed by atoms with E-state index in [1.807, 2.05) is 13.0 Å². The Bertz CT molecular complexity index is 568. The molecular formula is C14H14F2N2. The van der Waals surface area contributed by atoms with E-state index in [1.54, 1.807) is 12.4 Å². The summed E-state index contributed by atoms with van der Waals surface area (Å²) in [4.78, 5) is 4.04. The molecule has 0 saturated carbocycles. The Kier molecular flexibility index (Phi) is 3.55. The molecule has 0 aliphatic heterocycles. The third kappa shape index (κ3) is 2.83. The Balaban J connectivity index is 2.13. The van der Waals surface area contributed by atoms with Crippen molar-refractivity contribution in [2.24, 2.45) is 0 Å². The SMILES string of the molecule is Cc1cncc(CNc2cc(F)c(C)cc2F)c1. The van der Waals surface area contributed by atoms with E-state index in [4.69, 9.17) is 0 Å². The van der Waals surface area contributed by atoms with Gasteiger partial charge in [0.05, 0.1) is 5.69 Å². The van der Waals surface area contributed by atoms with Crippen molar-refractivity contribution >= 4 is 5.69 Å². The Labute approximate surface area is 105 Å². The summed E-state index contributed by atoms with van der Waals surface area (Å²) in [5.74, 6) is -0.865. The average Bonchev–Trinajstić information content (AvgIpc) is 2.32. The van der Waals surface area contributed by atoms with Gasteiger partial charge in [-0.25, -0.2) is 8.78 Å². The number of pyridine rings is 1. The first-order chi connectivity index (χ1) is 8.56. The zero-order chi connectivity index (χ0) is 13.1. The summed E-state index contributed by atoms with van der Waals surface area (Å²) in [5.41, 5.74) is 2.43. The van der Waals surface area contributed by atoms with E-state index >= 15 is 0 Å². The molecule has 1 N–H and O–H groups in total. The van der Waals surface area contributed by atoms with E-state index in [2.05, 4.69) is 10.3 Å². The number of anilines is 1. The molecule has 1 aromatic heterocycles. The summed E-state index contributed by atoms with van der Waals surface area (Å²) in [5, 5.41) is 2.87. The molecule has 0 saturated heterocycles. The van der Waals surface area contributed by atoms with Crippen LogP contribution < -0.4 is 5.32 Å². The molecule has 2 aromatic rings. The van der Waals surface area contributed by atoms with Crippen molar-refractivity contribution in [3.05, 3.63) is 58.9 Å². The van der Waals surface area contributed by atoms with Crippen LogP contribution in [0.5, 0.6) is 0 Å². The fourth-order valence-electron chi connectivity index (χ4n) is 1.69. The van der Waals surface area contributed by atoms with Crippen LogP contribution in [0.1, 0.15) is 16.7 Å². The van der Waals surface area contributed by atoms with Gasteiger partial charge in [-0.05, 0) is 36.6 Å². The molecule has 0 radical (unpaired) electrons. The highest BCUT2D eigenvalue weighted by Crippen LogP contribution is 2.19. The number of hydrogen-bond donors (Lipinski definition) is 1. The molecule has 0 aliphatic carbocycles. The van der Waals surface area contributed by atoms with Crippen LogP contribution in [0.2, 0.25) is 0 Å². The van der Waals surface area contributed by atoms with Crippen molar-refractivity contribution in [3.63, 3.8) is 0 Å². The second kappa shape index (κ2) is 5.12. The summed E-state index contributed by atoms with van der Waals surface area (Å²) in [6.07, 6.45) is 3.44. The van der Waals surface area contributed by atoms with Crippen LogP contribution in [0.25, 0.3) is 0 Å². The van der Waals surface area contributed by atoms with Crippen molar-refractivity contribution in [2.75, 3.05) is 5.32 Å². The topological polar surface area (TPSA) is 24.9 Å². The molecule has 2 nitrogen and oxygen atoms in total. The maximum absolute atomic E-state index is 13.6. The largest absolute Gasteiger partial charge is 0.378 e. The highest BCUT2D eigenvalue weighted by Gasteiger charge is 2.06. The molecular weight excluding hydrogens is 234 g/mol. The first kappa shape index (κ1) is 12.5. The Morgan fingerprint density at radius 3 is 2.56 bits per heavy atom. The first-order valence-electron chi connectivity index (χ1n) is 5.66. The second-order valence-corrected chi connectivity index (χ2v) is 4.31. The average molecular weight is 248 g/mol. The minimum absolute atomic E-state index is 0.166. The van der Waals surface area contributed by atoms with Crippen LogP contribution in [0, 0.1) is 25.5 Å². The Morgan fingerprint density at radius 2 is 1.83 bits per heavy atom. The lowest BCUT2D eigenvalue weighted by molar-refractivity contribution is 0.594. The first-order valence-corrected chi connectivity index (χ1v) is 5.66. The fourth-order valence-corrected chi connectivity index (χ4v) is 1.69. The summed E-state index contributed by atoms with van der Waals surface area (Å²) in [7, 11) is 0. The molecule has 94 valence electrons. The van der Waals surface area contributed by atoms with E-state index in [9.17, 15) is 8.78 Å². The van der Waals surface area contributed by atoms with Crippen molar-refractivity contribution in [3.8, 4) is 0 Å². The number of aromatic nitrogens is 1. The van der Waals surface area contributed by atoms with Crippen LogP contribution in [-0.2, 0) is 6.54 Å². The fraction of sp³-hybridized carbons (Fsp3) is 0.214. The highest BCUT2D eigenvalue weighted by atomic mass is 19.1. The summed E-state index contributed by atoms with van der Waals surface area (Å²) in [6, 6.07) is 4.31. The van der Waals surface area contributed by atoms with Gasteiger partial charge in [-0.15, -0.1) is 0 Å². The molecule has 1 aromatic carbocycles. The van der Waals surface area contributed by atoms with E-state index in [-0.39, 0.29) is 5.69 Å². The number of halogens is 2. The second-order valence-electron chi connectivity index (χ2n) is 4.31. The van der Waals surface area contributed by atoms with Crippen molar-refractivity contribution < 1.29 is 8.78 Å². The Hall–Kier alpha value is -1.97. The molecule has 0 bridgehead atoms. The van der Waals surface area contributed by atoms with Gasteiger partial charge in [0.25, 0.3) is 0 Å². The number of benzene rings is 1. The maximum Gasteiger partial charge on any atom is 0.146 e. The van der Waals surface area contributed by atoms with Gasteiger partial charge >= 0.3 is 0 Å². The standard InChI is InChI=1S/C14H14F2N2/c1-9-3-11(7-17-6-9)8-18-14-5-12(15)10(2)4-13(14)16/h3-7,18H,8H2,1-2H3. The van der Waals surface area contributed by atoms with E-state index in [0.717, 1.165) is 11.1 Å². The summed E-state index contributed by atoms with van der Waals surface area (Å²) >= 11 is 0. The lowest BCUT2D eigenvalue weighted by atomic mass is 10.2. The van der Waals surface area contributed by atoms with Crippen LogP contribution in [-0.4, -0.2) is 4.98 Å². The van der Waals surface area contributed by atoms with Crippen LogP contribution in [0.15, 0.2) is 30.6 Å². The molecule has 1 heterocycles. The third-order valence-corrected chi connectivity index (χ3v) is 2.66. The molecule has 2 rings (SSSR count). The van der Waals surface area contributed by atoms with Gasteiger partial charge in [0.1, 0.15) is 11.6 Å². The number of rotatable bonds is 3. The van der Waals surface area contributed by atoms with E-state index in [1.165, 1.54) is 19.1 Å². The van der Waals surface area contributed by atoms with Crippen LogP contribution >= 0.6 is 0 Å². The number of nitrogens with zero attached hydrogens (tertiary/aromatic N) is 1. The lowest BCUT2D eigenvalue weighted by Gasteiger charge is -2.09. The normalized spacial score (nSPS) is 10.4. The number of aryl methyl sites for hydroxylation is 2. The van der Waals surface area contributed by atoms with Crippen LogP contribution in [0.3, 0.4) is 0 Å². The van der Waals surface area contributed by atoms with Gasteiger partial charge < -0.3 is 5.32 Å². The minimum Gasteiger partial charge on any atom is -0.378 e. The summed E-state index contributed by atoms with van der Waals surface area (Å²) in [6.45, 7) is 3.88. The van der Waals surface area contributed by atoms with Crippen molar-refractivity contribution in [1.82, 2.24) is 4.98 Å². The molecule has 0 aliphatic rings. The molecule has 0 fully saturated rings. The van der Waals surface area contributed by atoms with Crippen LogP contribution in [0.4, 0.5) is 14.5 Å². The predicted molar refractivity (Wildman–Crippen MR) is 67.4 cm³/mol. The van der Waals surface area contributed by atoms with E-state index in [0.29, 0.717) is 12.1 Å². The smallest absolute Gasteiger partial charge is 0.146 e. The van der Waals surface area contributed by atoms with Gasteiger partial charge in [-0.1, -0.05) is 6.07 Å². The molecule has 0 atom stereocenters. The third-order valence-electron chi connectivity index (χ3n) is 2.66. The lowest BCUT2D eigenvalue weighted by Crippen LogP contribution is -2.03. The van der Waals surface area contributed by atoms with E-state index < -0.39 is 11.6 Å². The summed E-state index contributed by atoms with van der Waals surface area (Å²) < 4.78 is 26.9. The molecule has 0 amide bonds. The van der Waals surface area contributed by atoms with Gasteiger partial charge in [0, 0.05) is 25.0 Å². The van der Waals surface area contributed by atoms with Crippen molar-refractivity contribution in [1.29, 1.82) is 0 Å². The highest BCUT2D eigenvalue weighted by molar-refractivity contribution is 5.47. The zero-order valence-corrected chi connectivity index (χ0v) is 10.3. The predicted octanol–water partition coefficient (Wildman–Crippen LogP) is 3.59. The number of hydrogen-bond acceptors (Lipinski definition) is 2. The molecule has 0 unspecified atom stereocenters. The van der Waals surface area contributed by atoms with Gasteiger partial charge in [-0.2, -0.15) is 0 Å². The number of nitrogens with one attached hydrogen (secondary N) is 1. The minimum atomic E-state index is -0.450. The van der Waals surface area contributed by atoms with Gasteiger partial charge in [0.2, 0.25) is 0 Å². The monoisotopic (exact) mass is 248 g/mol. The molecule has 4 heteroatoms. The van der Waals surface area contributed by atoms with Gasteiger partial charge in [-0.3, -0.25) is 4.98 Å². The quantitative estimate of drug-likeness (QED) is 0.897. The maximum atomic E-state index is 13.6. The van der Waals surface area contributed by atoms with Gasteiger partial charge in [0.15, 0.2) is 0 Å².